The zero-order chi connectivity index (χ0) is 68.6. The Bertz CT molecular complexity index is 5910. The maximum Gasteiger partial charge on any atom is 0.121 e. The average Bonchev–Trinajstić information content (AvgIpc) is 1.50. The van der Waals surface area contributed by atoms with E-state index in [0.29, 0.717) is 0 Å². The fourth-order valence-corrected chi connectivity index (χ4v) is 12.1. The van der Waals surface area contributed by atoms with Gasteiger partial charge < -0.3 is 0 Å². The molecular weight excluding hydrogens is 1230 g/mol. The summed E-state index contributed by atoms with van der Waals surface area (Å²) in [7, 11) is 0. The van der Waals surface area contributed by atoms with E-state index in [1.165, 1.54) is 77.2 Å². The molecule has 15 nitrogen and oxygen atoms in total. The number of aromatic nitrogens is 15. The van der Waals surface area contributed by atoms with E-state index in [0.717, 1.165) is 106 Å². The molecule has 0 bridgehead atoms. The van der Waals surface area contributed by atoms with Gasteiger partial charge >= 0.3 is 0 Å². The Kier molecular flexibility index (Phi) is 18.6. The third kappa shape index (κ3) is 14.0. The van der Waals surface area contributed by atoms with Gasteiger partial charge in [-0.25, -0.2) is 0 Å². The molecule has 13 aromatic carbocycles. The summed E-state index contributed by atoms with van der Waals surface area (Å²) in [6, 6.07) is 81.1. The third-order valence-corrected chi connectivity index (χ3v) is 17.9. The van der Waals surface area contributed by atoms with Gasteiger partial charge in [-0.2, -0.15) is 24.0 Å². The number of rotatable bonds is 5. The monoisotopic (exact) mass is 1310 g/mol. The second kappa shape index (κ2) is 28.0. The van der Waals surface area contributed by atoms with Crippen LogP contribution in [-0.2, 0) is 0 Å². The molecule has 0 amide bonds. The average molecular weight is 1310 g/mol. The first-order chi connectivity index (χ1) is 47.9. The van der Waals surface area contributed by atoms with E-state index in [4.69, 9.17) is 15.3 Å². The summed E-state index contributed by atoms with van der Waals surface area (Å²) in [6.07, 6.45) is 0. The quantitative estimate of drug-likeness (QED) is 0.152. The molecule has 5 aromatic heterocycles. The Morgan fingerprint density at radius 3 is 1.01 bits per heavy atom. The molecule has 0 aliphatic carbocycles. The van der Waals surface area contributed by atoms with Crippen LogP contribution in [0, 0.1) is 83.1 Å². The number of fused-ring (bicyclic) bond motifs is 10. The number of aryl methyl sites for hydroxylation is 12. The van der Waals surface area contributed by atoms with Crippen molar-refractivity contribution in [2.75, 3.05) is 0 Å². The zero-order valence-corrected chi connectivity index (χ0v) is 57.7. The van der Waals surface area contributed by atoms with Crippen LogP contribution in [0.3, 0.4) is 0 Å². The van der Waals surface area contributed by atoms with Crippen LogP contribution in [0.2, 0.25) is 0 Å². The highest BCUT2D eigenvalue weighted by atomic mass is 15.5. The van der Waals surface area contributed by atoms with Crippen LogP contribution >= 0.6 is 0 Å². The van der Waals surface area contributed by atoms with Crippen LogP contribution in [0.4, 0.5) is 0 Å². The molecule has 18 aromatic rings. The highest BCUT2D eigenvalue weighted by molar-refractivity contribution is 6.11. The topological polar surface area (TPSA) is 154 Å². The van der Waals surface area contributed by atoms with Crippen LogP contribution in [0.25, 0.3) is 116 Å². The van der Waals surface area contributed by atoms with Gasteiger partial charge in [0.1, 0.15) is 55.2 Å². The molecule has 18 rings (SSSR count). The van der Waals surface area contributed by atoms with E-state index >= 15 is 0 Å². The van der Waals surface area contributed by atoms with Crippen molar-refractivity contribution >= 4 is 87.5 Å². The van der Waals surface area contributed by atoms with Crippen molar-refractivity contribution in [3.05, 3.63) is 303 Å². The van der Waals surface area contributed by atoms with Crippen molar-refractivity contribution in [2.45, 2.75) is 90.5 Å². The lowest BCUT2D eigenvalue weighted by atomic mass is 9.99. The molecule has 0 fully saturated rings. The van der Waals surface area contributed by atoms with Gasteiger partial charge in [0.15, 0.2) is 0 Å². The summed E-state index contributed by atoms with van der Waals surface area (Å²) in [5.41, 5.74) is 29.1. The van der Waals surface area contributed by atoms with Crippen LogP contribution < -0.4 is 0 Å². The molecular formula is C85H79N15. The zero-order valence-electron chi connectivity index (χ0n) is 57.7. The maximum absolute atomic E-state index is 4.79. The minimum absolute atomic E-state index is 0. The minimum atomic E-state index is 0. The van der Waals surface area contributed by atoms with Crippen molar-refractivity contribution in [2.24, 2.45) is 0 Å². The summed E-state index contributed by atoms with van der Waals surface area (Å²) in [6.45, 7) is 25.0. The molecule has 0 atom stereocenters. The van der Waals surface area contributed by atoms with E-state index in [1.807, 2.05) is 66.7 Å². The van der Waals surface area contributed by atoms with Crippen LogP contribution in [-0.4, -0.2) is 75.0 Å². The lowest BCUT2D eigenvalue weighted by molar-refractivity contribution is 0.764. The van der Waals surface area contributed by atoms with Crippen molar-refractivity contribution in [1.82, 2.24) is 75.0 Å². The second-order valence-electron chi connectivity index (χ2n) is 25.9. The molecule has 0 unspecified atom stereocenters. The molecule has 0 aliphatic rings. The molecule has 0 saturated heterocycles. The van der Waals surface area contributed by atoms with Crippen LogP contribution in [0.15, 0.2) is 237 Å². The number of hydrogen-bond donors (Lipinski definition) is 0. The first-order valence-corrected chi connectivity index (χ1v) is 33.2. The number of hydrogen-bond acceptors (Lipinski definition) is 10. The molecule has 0 spiro atoms. The highest BCUT2D eigenvalue weighted by Crippen LogP contribution is 2.32. The molecule has 0 N–H and O–H groups in total. The fraction of sp³-hybridized carbons (Fsp3) is 0.153. The largest absolute Gasteiger partial charge is 0.150 e. The third-order valence-electron chi connectivity index (χ3n) is 17.9. The standard InChI is InChI=1S/C22H17N3.C18H15N3.2C15H15N3.C14H13N3.CH4/c1-14-7-9-18(10-8-14)25-23-21-11-15(2)19-12-16-5-3-4-6-17(16)13-20(19)22(21)24-25;1-12-6-5-7-14(10-12)21-19-17-11-13(2)15-8-3-4-9-16(15)18(17)20-21;1-10-4-8-13(9-5-10)18-16-14-11(2)6-7-12(3)15(14)17-18;1-10-4-6-13(7-5-10)18-16-14-8-11(2)12(3)9-15(14)17-18;1-10-3-6-12(7-4-10)17-15-13-8-5-11(2)9-14(13)16-17;/h3-13H,1-2H3;3-11H,1-2H3;2*4-9H,1-3H3;3-9H,1-2H3;1H4. The number of benzene rings is 13. The fourth-order valence-electron chi connectivity index (χ4n) is 12.1. The first-order valence-electron chi connectivity index (χ1n) is 33.2. The van der Waals surface area contributed by atoms with Crippen LogP contribution in [0.5, 0.6) is 0 Å². The first kappa shape index (κ1) is 66.3. The maximum atomic E-state index is 4.79. The van der Waals surface area contributed by atoms with E-state index in [2.05, 4.69) is 289 Å². The second-order valence-corrected chi connectivity index (χ2v) is 25.9. The van der Waals surface area contributed by atoms with E-state index in [1.54, 1.807) is 24.0 Å². The van der Waals surface area contributed by atoms with Crippen LogP contribution in [0.1, 0.15) is 74.2 Å². The smallest absolute Gasteiger partial charge is 0.121 e. The van der Waals surface area contributed by atoms with Gasteiger partial charge in [0, 0.05) is 10.8 Å². The Morgan fingerprint density at radius 1 is 0.190 bits per heavy atom. The summed E-state index contributed by atoms with van der Waals surface area (Å²) in [4.78, 5) is 8.55. The predicted octanol–water partition coefficient (Wildman–Crippen LogP) is 19.9. The summed E-state index contributed by atoms with van der Waals surface area (Å²) >= 11 is 0. The van der Waals surface area contributed by atoms with Gasteiger partial charge in [-0.15, -0.1) is 51.0 Å². The molecule has 0 radical (unpaired) electrons. The Morgan fingerprint density at radius 2 is 0.530 bits per heavy atom. The normalized spacial score (nSPS) is 11.1. The molecule has 0 saturated carbocycles. The van der Waals surface area contributed by atoms with E-state index in [-0.39, 0.29) is 7.43 Å². The lowest BCUT2D eigenvalue weighted by Gasteiger charge is -2.05. The van der Waals surface area contributed by atoms with Gasteiger partial charge in [-0.05, 0) is 258 Å². The molecule has 0 aliphatic heterocycles. The Labute approximate surface area is 581 Å². The van der Waals surface area contributed by atoms with Crippen molar-refractivity contribution in [3.63, 3.8) is 0 Å². The molecule has 5 heterocycles. The molecule has 15 heteroatoms. The minimum Gasteiger partial charge on any atom is -0.150 e. The predicted molar refractivity (Wildman–Crippen MR) is 410 cm³/mol. The molecule has 494 valence electrons. The van der Waals surface area contributed by atoms with Gasteiger partial charge in [-0.3, -0.25) is 0 Å². The van der Waals surface area contributed by atoms with Crippen molar-refractivity contribution < 1.29 is 0 Å². The van der Waals surface area contributed by atoms with E-state index < -0.39 is 0 Å². The Balaban J connectivity index is 0.000000113. The van der Waals surface area contributed by atoms with Crippen molar-refractivity contribution in [1.29, 1.82) is 0 Å². The lowest BCUT2D eigenvalue weighted by Crippen LogP contribution is -1.98. The highest BCUT2D eigenvalue weighted by Gasteiger charge is 2.15. The SMILES string of the molecule is C.Cc1ccc(-n2nc3c(C)ccc(C)c3n2)cc1.Cc1ccc(-n2nc3cc(C)c(C)cc3n2)cc1.Cc1ccc(-n2nc3cc(C)c4cc5ccccc5cc4c3n2)cc1.Cc1ccc(-n2nc3ccc(C)cc3n2)cc1.Cc1cccc(-n2nc3cc(C)c4ccccc4c3n2)c1. The summed E-state index contributed by atoms with van der Waals surface area (Å²) in [5, 5.41) is 53.3. The van der Waals surface area contributed by atoms with Gasteiger partial charge in [0.2, 0.25) is 0 Å². The summed E-state index contributed by atoms with van der Waals surface area (Å²) < 4.78 is 0. The number of nitrogens with zero attached hydrogens (tertiary/aromatic N) is 15. The molecule has 100 heavy (non-hydrogen) atoms. The summed E-state index contributed by atoms with van der Waals surface area (Å²) in [5.74, 6) is 0. The van der Waals surface area contributed by atoms with Gasteiger partial charge in [0.05, 0.1) is 28.4 Å². The van der Waals surface area contributed by atoms with E-state index in [9.17, 15) is 0 Å². The van der Waals surface area contributed by atoms with Gasteiger partial charge in [-0.1, -0.05) is 157 Å². The van der Waals surface area contributed by atoms with Gasteiger partial charge in [0.25, 0.3) is 0 Å². The van der Waals surface area contributed by atoms with Crippen molar-refractivity contribution in [3.8, 4) is 28.4 Å². The Hall–Kier alpha value is -12.4.